The fourth-order valence-corrected chi connectivity index (χ4v) is 3.97. The van der Waals surface area contributed by atoms with Crippen LogP contribution in [-0.2, 0) is 24.1 Å². The highest BCUT2D eigenvalue weighted by Crippen LogP contribution is 2.25. The normalized spacial score (nSPS) is 12.8. The Labute approximate surface area is 192 Å². The van der Waals surface area contributed by atoms with Crippen molar-refractivity contribution in [2.45, 2.75) is 32.1 Å². The first-order chi connectivity index (χ1) is 16.5. The van der Waals surface area contributed by atoms with Gasteiger partial charge in [0.2, 0.25) is 11.9 Å². The average Bonchev–Trinajstić information content (AvgIpc) is 3.50. The third kappa shape index (κ3) is 4.22. The summed E-state index contributed by atoms with van der Waals surface area (Å²) >= 11 is 0. The number of furan rings is 1. The number of rotatable bonds is 6. The fraction of sp³-hybridized carbons (Fsp3) is 0.217. The maximum absolute atomic E-state index is 12.8. The third-order valence-electron chi connectivity index (χ3n) is 5.64. The van der Waals surface area contributed by atoms with Crippen molar-refractivity contribution in [2.75, 3.05) is 5.32 Å². The van der Waals surface area contributed by atoms with Crippen LogP contribution in [0.5, 0.6) is 0 Å². The molecule has 11 nitrogen and oxygen atoms in total. The molecule has 1 aromatic carbocycles. The number of nitrogens with zero attached hydrogens (tertiary/aromatic N) is 4. The van der Waals surface area contributed by atoms with Gasteiger partial charge in [-0.05, 0) is 43.4 Å². The smallest absolute Gasteiger partial charge is 0.269 e. The predicted octanol–water partition coefficient (Wildman–Crippen LogP) is 3.18. The minimum absolute atomic E-state index is 0.00655. The van der Waals surface area contributed by atoms with Crippen LogP contribution < -0.4 is 10.9 Å². The molecule has 3 aromatic heterocycles. The summed E-state index contributed by atoms with van der Waals surface area (Å²) in [4.78, 5) is 43.2. The molecule has 34 heavy (non-hydrogen) atoms. The van der Waals surface area contributed by atoms with Gasteiger partial charge in [-0.3, -0.25) is 24.7 Å². The molecule has 0 saturated carbocycles. The van der Waals surface area contributed by atoms with E-state index in [1.54, 1.807) is 18.2 Å². The molecule has 1 amide bonds. The SMILES string of the molecule is O=C(Cc1ccc([N+](=O)[O-])cc1)Nc1cc(-c2ccco2)nn1-c1nc2c(c(=O)[nH]1)CCCC2. The molecule has 0 atom stereocenters. The third-order valence-corrected chi connectivity index (χ3v) is 5.64. The lowest BCUT2D eigenvalue weighted by molar-refractivity contribution is -0.384. The van der Waals surface area contributed by atoms with Crippen molar-refractivity contribution in [1.82, 2.24) is 19.7 Å². The lowest BCUT2D eigenvalue weighted by Gasteiger charge is -2.15. The van der Waals surface area contributed by atoms with Crippen LogP contribution >= 0.6 is 0 Å². The Morgan fingerprint density at radius 3 is 2.74 bits per heavy atom. The molecule has 4 aromatic rings. The molecule has 0 spiro atoms. The zero-order chi connectivity index (χ0) is 23.7. The van der Waals surface area contributed by atoms with E-state index in [4.69, 9.17) is 4.42 Å². The van der Waals surface area contributed by atoms with E-state index in [0.717, 1.165) is 18.5 Å². The Kier molecular flexibility index (Phi) is 5.50. The lowest BCUT2D eigenvalue weighted by Crippen LogP contribution is -2.25. The number of benzene rings is 1. The molecule has 2 N–H and O–H groups in total. The largest absolute Gasteiger partial charge is 0.463 e. The van der Waals surface area contributed by atoms with E-state index in [1.807, 2.05) is 0 Å². The maximum atomic E-state index is 12.8. The molecule has 0 unspecified atom stereocenters. The first-order valence-corrected chi connectivity index (χ1v) is 10.8. The topological polar surface area (TPSA) is 149 Å². The van der Waals surface area contributed by atoms with Crippen LogP contribution in [0.25, 0.3) is 17.4 Å². The van der Waals surface area contributed by atoms with E-state index in [-0.39, 0.29) is 29.5 Å². The second-order valence-corrected chi connectivity index (χ2v) is 7.97. The number of anilines is 1. The van der Waals surface area contributed by atoms with Crippen molar-refractivity contribution >= 4 is 17.4 Å². The monoisotopic (exact) mass is 460 g/mol. The fourth-order valence-electron chi connectivity index (χ4n) is 3.97. The van der Waals surface area contributed by atoms with Crippen molar-refractivity contribution in [1.29, 1.82) is 0 Å². The summed E-state index contributed by atoms with van der Waals surface area (Å²) in [6.07, 6.45) is 4.81. The quantitative estimate of drug-likeness (QED) is 0.331. The van der Waals surface area contributed by atoms with E-state index in [9.17, 15) is 19.7 Å². The van der Waals surface area contributed by atoms with Gasteiger partial charge in [-0.1, -0.05) is 12.1 Å². The lowest BCUT2D eigenvalue weighted by atomic mass is 9.97. The second-order valence-electron chi connectivity index (χ2n) is 7.97. The van der Waals surface area contributed by atoms with Crippen molar-refractivity contribution in [3.05, 3.63) is 86.0 Å². The highest BCUT2D eigenvalue weighted by Gasteiger charge is 2.20. The molecule has 0 fully saturated rings. The maximum Gasteiger partial charge on any atom is 0.269 e. The molecule has 1 aliphatic carbocycles. The number of carbonyl (C=O) groups is 1. The number of carbonyl (C=O) groups excluding carboxylic acids is 1. The predicted molar refractivity (Wildman–Crippen MR) is 122 cm³/mol. The van der Waals surface area contributed by atoms with Gasteiger partial charge in [0.25, 0.3) is 11.2 Å². The van der Waals surface area contributed by atoms with E-state index < -0.39 is 4.92 Å². The first kappa shape index (κ1) is 21.3. The number of fused-ring (bicyclic) bond motifs is 1. The summed E-state index contributed by atoms with van der Waals surface area (Å²) < 4.78 is 6.81. The number of nitrogens with one attached hydrogen (secondary N) is 2. The molecular weight excluding hydrogens is 440 g/mol. The van der Waals surface area contributed by atoms with Gasteiger partial charge in [-0.2, -0.15) is 9.78 Å². The molecule has 172 valence electrons. The second kappa shape index (κ2) is 8.77. The number of amides is 1. The van der Waals surface area contributed by atoms with Crippen molar-refractivity contribution in [2.24, 2.45) is 0 Å². The Bertz CT molecular complexity index is 1420. The summed E-state index contributed by atoms with van der Waals surface area (Å²) in [6.45, 7) is 0. The van der Waals surface area contributed by atoms with E-state index >= 15 is 0 Å². The van der Waals surface area contributed by atoms with Crippen LogP contribution in [0.1, 0.15) is 29.7 Å². The highest BCUT2D eigenvalue weighted by molar-refractivity contribution is 5.92. The number of H-pyrrole nitrogens is 1. The number of nitro groups is 1. The summed E-state index contributed by atoms with van der Waals surface area (Å²) in [7, 11) is 0. The van der Waals surface area contributed by atoms with Gasteiger partial charge in [0.15, 0.2) is 5.76 Å². The summed E-state index contributed by atoms with van der Waals surface area (Å²) in [5.74, 6) is 0.637. The van der Waals surface area contributed by atoms with E-state index in [2.05, 4.69) is 20.4 Å². The van der Waals surface area contributed by atoms with Crippen LogP contribution in [0, 0.1) is 10.1 Å². The van der Waals surface area contributed by atoms with Gasteiger partial charge in [-0.25, -0.2) is 4.98 Å². The Morgan fingerprint density at radius 1 is 1.21 bits per heavy atom. The molecular formula is C23H20N6O5. The highest BCUT2D eigenvalue weighted by atomic mass is 16.6. The molecule has 5 rings (SSSR count). The minimum atomic E-state index is -0.495. The Balaban J connectivity index is 1.47. The van der Waals surface area contributed by atoms with Gasteiger partial charge in [-0.15, -0.1) is 0 Å². The van der Waals surface area contributed by atoms with Crippen LogP contribution in [-0.4, -0.2) is 30.6 Å². The number of aromatic nitrogens is 4. The zero-order valence-corrected chi connectivity index (χ0v) is 18.0. The van der Waals surface area contributed by atoms with Gasteiger partial charge < -0.3 is 9.73 Å². The van der Waals surface area contributed by atoms with Crippen LogP contribution in [0.2, 0.25) is 0 Å². The molecule has 3 heterocycles. The van der Waals surface area contributed by atoms with Gasteiger partial charge in [0.05, 0.1) is 23.3 Å². The van der Waals surface area contributed by atoms with Gasteiger partial charge >= 0.3 is 0 Å². The summed E-state index contributed by atoms with van der Waals surface area (Å²) in [6, 6.07) is 10.9. The number of aromatic amines is 1. The van der Waals surface area contributed by atoms with Crippen molar-refractivity contribution in [3.8, 4) is 17.4 Å². The summed E-state index contributed by atoms with van der Waals surface area (Å²) in [5.41, 5.74) is 2.24. The molecule has 0 radical (unpaired) electrons. The van der Waals surface area contributed by atoms with Crippen LogP contribution in [0.3, 0.4) is 0 Å². The molecule has 11 heteroatoms. The number of aryl methyl sites for hydroxylation is 1. The standard InChI is InChI=1S/C23H20N6O5/c30-21(12-14-7-9-15(10-8-14)29(32)33)25-20-13-18(19-6-3-11-34-19)27-28(20)23-24-17-5-2-1-4-16(17)22(31)26-23/h3,6-11,13H,1-2,4-5,12H2,(H,25,30)(H,24,26,31). The number of nitro benzene ring substituents is 1. The molecule has 1 aliphatic rings. The number of non-ortho nitro benzene ring substituents is 1. The summed E-state index contributed by atoms with van der Waals surface area (Å²) in [5, 5.41) is 18.1. The molecule has 0 aliphatic heterocycles. The van der Waals surface area contributed by atoms with Gasteiger partial charge in [0.1, 0.15) is 11.5 Å². The molecule has 0 bridgehead atoms. The van der Waals surface area contributed by atoms with E-state index in [0.29, 0.717) is 41.2 Å². The number of hydrogen-bond donors (Lipinski definition) is 2. The Hall–Kier alpha value is -4.54. The van der Waals surface area contributed by atoms with Crippen LogP contribution in [0.4, 0.5) is 11.5 Å². The van der Waals surface area contributed by atoms with Crippen LogP contribution in [0.15, 0.2) is 57.9 Å². The molecule has 0 saturated heterocycles. The van der Waals surface area contributed by atoms with Crippen molar-refractivity contribution in [3.63, 3.8) is 0 Å². The van der Waals surface area contributed by atoms with Crippen molar-refractivity contribution < 1.29 is 14.1 Å². The zero-order valence-electron chi connectivity index (χ0n) is 18.0. The first-order valence-electron chi connectivity index (χ1n) is 10.8. The number of hydrogen-bond acceptors (Lipinski definition) is 7. The Morgan fingerprint density at radius 2 is 2.00 bits per heavy atom. The minimum Gasteiger partial charge on any atom is -0.463 e. The van der Waals surface area contributed by atoms with E-state index in [1.165, 1.54) is 35.2 Å². The van der Waals surface area contributed by atoms with Gasteiger partial charge in [0, 0.05) is 23.8 Å². The average molecular weight is 460 g/mol.